The maximum Gasteiger partial charge on any atom is 0.459 e. The Balaban J connectivity index is 1.06. The molecule has 11 rings (SSSR count). The quantitative estimate of drug-likeness (QED) is 0.0238. The molecule has 1 aliphatic heterocycles. The number of benzene rings is 8. The fourth-order valence-corrected chi connectivity index (χ4v) is 12.4. The van der Waals surface area contributed by atoms with E-state index in [0.717, 1.165) is 16.7 Å². The molecule has 17 heteroatoms. The highest BCUT2D eigenvalue weighted by molar-refractivity contribution is 7.52. The van der Waals surface area contributed by atoms with Crippen molar-refractivity contribution in [1.82, 2.24) is 24.6 Å². The van der Waals surface area contributed by atoms with E-state index in [9.17, 15) is 9.90 Å². The Morgan fingerprint density at radius 3 is 1.69 bits per heavy atom. The van der Waals surface area contributed by atoms with Gasteiger partial charge in [-0.25, -0.2) is 9.55 Å². The van der Waals surface area contributed by atoms with Gasteiger partial charge in [0.2, 0.25) is 0 Å². The van der Waals surface area contributed by atoms with Crippen LogP contribution in [0.15, 0.2) is 237 Å². The first-order valence-corrected chi connectivity index (χ1v) is 28.6. The third kappa shape index (κ3) is 11.4. The van der Waals surface area contributed by atoms with Crippen molar-refractivity contribution in [2.24, 2.45) is 0 Å². The number of anilines is 1. The summed E-state index contributed by atoms with van der Waals surface area (Å²) in [6.45, 7) is -0.705. The second-order valence-corrected chi connectivity index (χ2v) is 21.7. The Morgan fingerprint density at radius 1 is 0.702 bits per heavy atom. The van der Waals surface area contributed by atoms with Gasteiger partial charge in [-0.1, -0.05) is 200 Å². The fourth-order valence-electron chi connectivity index (χ4n) is 10.9. The molecule has 15 nitrogen and oxygen atoms in total. The summed E-state index contributed by atoms with van der Waals surface area (Å²) in [5.74, 6) is 2.94. The molecule has 5 atom stereocenters. The number of terminal acetylenes is 1. The molecule has 0 radical (unpaired) electrons. The molecular weight excluding hydrogens is 1080 g/mol. The SMILES string of the molecule is C#C[C@]1(COP(=O)(NC(Cc2ccccc2)C(=O)O)Oc2ccccc2)O[C@@H](n2cnc3c(NC(c4ccccc4)(c4ccccc4)c4ccc(OC)cc4)nc(F)nc32)C[C@@H]1OC(c1ccccc1)(c1ccccc1)c1ccc(OC)cc1. The summed E-state index contributed by atoms with van der Waals surface area (Å²) in [7, 11) is -1.59. The number of carboxylic acid groups (broad SMARTS) is 1. The van der Waals surface area contributed by atoms with E-state index in [0.29, 0.717) is 33.8 Å². The average Bonchev–Trinajstić information content (AvgIpc) is 3.07. The van der Waals surface area contributed by atoms with Gasteiger partial charge in [-0.3, -0.25) is 13.9 Å². The molecule has 3 N–H and O–H groups in total. The molecule has 1 saturated heterocycles. The van der Waals surface area contributed by atoms with E-state index >= 15 is 8.96 Å². The highest BCUT2D eigenvalue weighted by Gasteiger charge is 2.56. The van der Waals surface area contributed by atoms with Crippen molar-refractivity contribution in [2.45, 2.75) is 48.0 Å². The molecule has 0 amide bonds. The smallest absolute Gasteiger partial charge is 0.459 e. The topological polar surface area (TPSA) is 177 Å². The molecule has 422 valence electrons. The van der Waals surface area contributed by atoms with Gasteiger partial charge in [0, 0.05) is 6.42 Å². The summed E-state index contributed by atoms with van der Waals surface area (Å²) in [4.78, 5) is 26.7. The average molecular weight is 1140 g/mol. The second-order valence-electron chi connectivity index (χ2n) is 20.0. The molecule has 10 aromatic rings. The highest BCUT2D eigenvalue weighted by Crippen LogP contribution is 2.52. The molecule has 2 unspecified atom stereocenters. The third-order valence-corrected chi connectivity index (χ3v) is 16.5. The number of carbonyl (C=O) groups is 1. The summed E-state index contributed by atoms with van der Waals surface area (Å²) in [5, 5.41) is 17.0. The van der Waals surface area contributed by atoms with E-state index in [1.165, 1.54) is 6.33 Å². The number of halogens is 1. The van der Waals surface area contributed by atoms with E-state index in [4.69, 9.17) is 39.4 Å². The minimum absolute atomic E-state index is 0.0322. The van der Waals surface area contributed by atoms with E-state index < -0.39 is 61.5 Å². The number of rotatable bonds is 23. The van der Waals surface area contributed by atoms with Crippen molar-refractivity contribution in [2.75, 3.05) is 26.1 Å². The lowest BCUT2D eigenvalue weighted by atomic mass is 9.77. The van der Waals surface area contributed by atoms with Gasteiger partial charge in [0.25, 0.3) is 0 Å². The molecule has 1 aliphatic rings. The summed E-state index contributed by atoms with van der Waals surface area (Å²) in [6, 6.07) is 69.3. The van der Waals surface area contributed by atoms with E-state index in [1.807, 2.05) is 176 Å². The summed E-state index contributed by atoms with van der Waals surface area (Å²) < 4.78 is 72.5. The van der Waals surface area contributed by atoms with Gasteiger partial charge in [-0.2, -0.15) is 19.4 Å². The largest absolute Gasteiger partial charge is 0.497 e. The van der Waals surface area contributed by atoms with Crippen LogP contribution in [0.3, 0.4) is 0 Å². The molecule has 2 aromatic heterocycles. The normalized spacial score (nSPS) is 17.1. The van der Waals surface area contributed by atoms with Crippen LogP contribution in [-0.4, -0.2) is 69.2 Å². The zero-order valence-corrected chi connectivity index (χ0v) is 46.7. The summed E-state index contributed by atoms with van der Waals surface area (Å²) in [6.07, 6.45) is 4.64. The van der Waals surface area contributed by atoms with Crippen molar-refractivity contribution < 1.29 is 46.9 Å². The number of imidazole rings is 1. The van der Waals surface area contributed by atoms with Crippen molar-refractivity contribution in [3.63, 3.8) is 0 Å². The predicted octanol–water partition coefficient (Wildman–Crippen LogP) is 12.5. The number of carboxylic acids is 1. The Hall–Kier alpha value is -9.46. The number of aromatic nitrogens is 4. The Morgan fingerprint density at radius 2 is 1.18 bits per heavy atom. The number of nitrogens with zero attached hydrogens (tertiary/aromatic N) is 4. The van der Waals surface area contributed by atoms with Gasteiger partial charge in [-0.05, 0) is 81.8 Å². The van der Waals surface area contributed by atoms with Gasteiger partial charge in [0.15, 0.2) is 22.6 Å². The molecule has 84 heavy (non-hydrogen) atoms. The van der Waals surface area contributed by atoms with Gasteiger partial charge < -0.3 is 33.9 Å². The number of fused-ring (bicyclic) bond motifs is 1. The Bertz CT molecular complexity index is 3850. The van der Waals surface area contributed by atoms with Crippen molar-refractivity contribution >= 4 is 30.7 Å². The summed E-state index contributed by atoms with van der Waals surface area (Å²) >= 11 is 0. The zero-order chi connectivity index (χ0) is 58.2. The molecule has 0 aliphatic carbocycles. The molecule has 8 aromatic carbocycles. The van der Waals surface area contributed by atoms with Crippen LogP contribution in [0.2, 0.25) is 0 Å². The Labute approximate surface area is 485 Å². The minimum Gasteiger partial charge on any atom is -0.497 e. The van der Waals surface area contributed by atoms with Crippen molar-refractivity contribution in [1.29, 1.82) is 0 Å². The maximum atomic E-state index is 16.6. The van der Waals surface area contributed by atoms with Crippen LogP contribution in [0.1, 0.15) is 51.6 Å². The van der Waals surface area contributed by atoms with E-state index in [-0.39, 0.29) is 35.6 Å². The number of para-hydroxylation sites is 1. The molecular formula is C67H58FN6O9P. The molecule has 0 saturated carbocycles. The number of methoxy groups -OCH3 is 2. The summed E-state index contributed by atoms with van der Waals surface area (Å²) in [5.41, 5.74) is 0.672. The number of nitrogens with one attached hydrogen (secondary N) is 2. The lowest BCUT2D eigenvalue weighted by Gasteiger charge is -2.41. The number of hydrogen-bond donors (Lipinski definition) is 3. The van der Waals surface area contributed by atoms with E-state index in [2.05, 4.69) is 26.3 Å². The van der Waals surface area contributed by atoms with Crippen LogP contribution in [0.5, 0.6) is 17.2 Å². The monoisotopic (exact) mass is 1140 g/mol. The van der Waals surface area contributed by atoms with Crippen LogP contribution >= 0.6 is 7.75 Å². The van der Waals surface area contributed by atoms with Crippen molar-refractivity contribution in [3.8, 4) is 29.6 Å². The maximum absolute atomic E-state index is 16.6. The predicted molar refractivity (Wildman–Crippen MR) is 317 cm³/mol. The minimum atomic E-state index is -4.77. The number of hydrogen-bond acceptors (Lipinski definition) is 12. The molecule has 0 bridgehead atoms. The molecule has 3 heterocycles. The lowest BCUT2D eigenvalue weighted by molar-refractivity contribution is -0.139. The van der Waals surface area contributed by atoms with E-state index in [1.54, 1.807) is 73.4 Å². The fraction of sp³-hybridized carbons (Fsp3) is 0.164. The number of aliphatic carboxylic acids is 1. The van der Waals surface area contributed by atoms with Gasteiger partial charge in [0.05, 0.1) is 20.5 Å². The molecule has 1 fully saturated rings. The Kier molecular flexibility index (Phi) is 16.5. The standard InChI is InChI=1S/C67H58FN6O9P/c1-4-65(45-80-84(77,83-56-33-21-10-22-34-56)73-57(63(75)76)43-47-23-11-5-12-24-47)58(81-67(51-29-17-8-18-30-51,52-31-19-9-20-32-52)53-37-41-55(79-3)42-38-53)44-59(82-65)74-46-69-60-61(70-64(68)71-62(60)74)72-66(48-25-13-6-14-26-48,49-27-15-7-16-28-49)50-35-39-54(78-2)40-36-50/h1,5-42,46,57-59H,43-45H2,2-3H3,(H,73,77)(H,75,76)(H,70,71,72)/t57?,58-,59+,65+,84?/m0/s1. The number of ether oxygens (including phenoxy) is 4. The van der Waals surface area contributed by atoms with Crippen LogP contribution < -0.4 is 24.4 Å². The first-order chi connectivity index (χ1) is 41.0. The van der Waals surface area contributed by atoms with Crippen LogP contribution in [-0.2, 0) is 40.9 Å². The van der Waals surface area contributed by atoms with Crippen LogP contribution in [0.4, 0.5) is 10.2 Å². The first kappa shape index (κ1) is 56.4. The lowest BCUT2D eigenvalue weighted by Crippen LogP contribution is -2.49. The zero-order valence-electron chi connectivity index (χ0n) is 45.8. The highest BCUT2D eigenvalue weighted by atomic mass is 31.2. The van der Waals surface area contributed by atoms with Crippen LogP contribution in [0, 0.1) is 18.4 Å². The van der Waals surface area contributed by atoms with Crippen molar-refractivity contribution in [3.05, 3.63) is 282 Å². The van der Waals surface area contributed by atoms with Gasteiger partial charge in [-0.15, -0.1) is 6.42 Å². The van der Waals surface area contributed by atoms with Gasteiger partial charge in [0.1, 0.15) is 53.4 Å². The van der Waals surface area contributed by atoms with Crippen LogP contribution in [0.25, 0.3) is 11.2 Å². The third-order valence-electron chi connectivity index (χ3n) is 15.0. The second kappa shape index (κ2) is 24.6. The molecule has 0 spiro atoms. The van der Waals surface area contributed by atoms with Gasteiger partial charge >= 0.3 is 19.8 Å². The first-order valence-electron chi connectivity index (χ1n) is 27.0.